The van der Waals surface area contributed by atoms with Crippen molar-refractivity contribution in [2.75, 3.05) is 7.05 Å². The van der Waals surface area contributed by atoms with Crippen LogP contribution in [0.4, 0.5) is 0 Å². The predicted octanol–water partition coefficient (Wildman–Crippen LogP) is 1.37. The quantitative estimate of drug-likeness (QED) is 0.443. The molecule has 21 heavy (non-hydrogen) atoms. The fraction of sp³-hybridized carbons (Fsp3) is 0.500. The second kappa shape index (κ2) is 8.27. The van der Waals surface area contributed by atoms with Gasteiger partial charge in [-0.2, -0.15) is 0 Å². The first-order chi connectivity index (χ1) is 9.60. The summed E-state index contributed by atoms with van der Waals surface area (Å²) in [5.41, 5.74) is 1.05. The van der Waals surface area contributed by atoms with E-state index in [1.165, 1.54) is 0 Å². The molecule has 0 fully saturated rings. The summed E-state index contributed by atoms with van der Waals surface area (Å²) in [6.45, 7) is 5.15. The van der Waals surface area contributed by atoms with Gasteiger partial charge in [-0.05, 0) is 13.8 Å². The van der Waals surface area contributed by atoms with Gasteiger partial charge in [0.2, 0.25) is 0 Å². The number of rotatable bonds is 4. The first kappa shape index (κ1) is 17.8. The van der Waals surface area contributed by atoms with Crippen LogP contribution in [0.1, 0.15) is 22.4 Å². The van der Waals surface area contributed by atoms with Crippen molar-refractivity contribution in [2.24, 2.45) is 12.0 Å². The lowest BCUT2D eigenvalue weighted by molar-refractivity contribution is 0.717. The van der Waals surface area contributed by atoms with E-state index in [0.717, 1.165) is 28.3 Å². The van der Waals surface area contributed by atoms with Crippen molar-refractivity contribution in [3.05, 3.63) is 27.7 Å². The van der Waals surface area contributed by atoms with E-state index in [0.29, 0.717) is 13.1 Å². The van der Waals surface area contributed by atoms with Crippen molar-refractivity contribution in [3.63, 3.8) is 0 Å². The summed E-state index contributed by atoms with van der Waals surface area (Å²) in [4.78, 5) is 8.57. The van der Waals surface area contributed by atoms with E-state index in [1.54, 1.807) is 18.4 Å². The molecule has 7 nitrogen and oxygen atoms in total. The van der Waals surface area contributed by atoms with Crippen molar-refractivity contribution in [2.45, 2.75) is 26.9 Å². The maximum Gasteiger partial charge on any atom is 0.191 e. The Hall–Kier alpha value is -1.23. The lowest BCUT2D eigenvalue weighted by atomic mass is 10.5. The van der Waals surface area contributed by atoms with Crippen LogP contribution in [0.2, 0.25) is 0 Å². The van der Waals surface area contributed by atoms with Gasteiger partial charge in [0, 0.05) is 25.2 Å². The predicted molar refractivity (Wildman–Crippen MR) is 95.0 cm³/mol. The molecule has 0 bridgehead atoms. The third-order valence-corrected chi connectivity index (χ3v) is 3.86. The molecule has 116 valence electrons. The van der Waals surface area contributed by atoms with E-state index < -0.39 is 0 Å². The van der Waals surface area contributed by atoms with Gasteiger partial charge in [-0.1, -0.05) is 0 Å². The molecule has 0 radical (unpaired) electrons. The second-order valence-corrected chi connectivity index (χ2v) is 5.33. The fourth-order valence-electron chi connectivity index (χ4n) is 1.63. The Bertz CT molecular complexity index is 605. The Morgan fingerprint density at radius 1 is 1.29 bits per heavy atom. The Kier molecular flexibility index (Phi) is 7.02. The summed E-state index contributed by atoms with van der Waals surface area (Å²) in [5, 5.41) is 17.6. The van der Waals surface area contributed by atoms with E-state index in [-0.39, 0.29) is 24.0 Å². The van der Waals surface area contributed by atoms with Crippen LogP contribution in [0.3, 0.4) is 0 Å². The Balaban J connectivity index is 0.00000220. The molecule has 0 amide bonds. The lowest BCUT2D eigenvalue weighted by Crippen LogP contribution is -2.36. The summed E-state index contributed by atoms with van der Waals surface area (Å²) in [7, 11) is 3.69. The average Bonchev–Trinajstić information content (AvgIpc) is 2.99. The SMILES string of the molecule is CN=C(NCc1nc(C)cs1)NCc1nnc(C)n1C.I. The van der Waals surface area contributed by atoms with Crippen LogP contribution in [-0.4, -0.2) is 32.8 Å². The number of aliphatic imine (C=N–C) groups is 1. The molecule has 0 saturated carbocycles. The number of nitrogens with zero attached hydrogens (tertiary/aromatic N) is 5. The molecule has 0 atom stereocenters. The third kappa shape index (κ3) is 4.92. The highest BCUT2D eigenvalue weighted by molar-refractivity contribution is 14.0. The normalized spacial score (nSPS) is 11.1. The van der Waals surface area contributed by atoms with Gasteiger partial charge < -0.3 is 15.2 Å². The molecule has 0 saturated heterocycles. The molecule has 0 aromatic carbocycles. The van der Waals surface area contributed by atoms with Crippen LogP contribution in [0.15, 0.2) is 10.4 Å². The van der Waals surface area contributed by atoms with Crippen LogP contribution in [0, 0.1) is 13.8 Å². The van der Waals surface area contributed by atoms with Crippen LogP contribution in [0.25, 0.3) is 0 Å². The number of aromatic nitrogens is 4. The Morgan fingerprint density at radius 2 is 2.00 bits per heavy atom. The molecule has 0 unspecified atom stereocenters. The van der Waals surface area contributed by atoms with E-state index in [1.807, 2.05) is 30.8 Å². The van der Waals surface area contributed by atoms with E-state index in [4.69, 9.17) is 0 Å². The van der Waals surface area contributed by atoms with Crippen LogP contribution in [0.5, 0.6) is 0 Å². The number of halogens is 1. The molecule has 2 rings (SSSR count). The molecular formula is C12H20IN7S. The molecule has 0 aliphatic carbocycles. The first-order valence-electron chi connectivity index (χ1n) is 6.30. The average molecular weight is 421 g/mol. The zero-order valence-electron chi connectivity index (χ0n) is 12.5. The highest BCUT2D eigenvalue weighted by Crippen LogP contribution is 2.07. The van der Waals surface area contributed by atoms with Crippen molar-refractivity contribution >= 4 is 41.3 Å². The number of hydrogen-bond donors (Lipinski definition) is 2. The molecule has 2 aromatic heterocycles. The van der Waals surface area contributed by atoms with Gasteiger partial charge in [0.15, 0.2) is 11.8 Å². The maximum atomic E-state index is 4.40. The molecule has 0 spiro atoms. The highest BCUT2D eigenvalue weighted by atomic mass is 127. The summed E-state index contributed by atoms with van der Waals surface area (Å²) in [6.07, 6.45) is 0. The van der Waals surface area contributed by atoms with Crippen molar-refractivity contribution < 1.29 is 0 Å². The minimum absolute atomic E-state index is 0. The molecule has 2 N–H and O–H groups in total. The topological polar surface area (TPSA) is 80.0 Å². The molecule has 0 aliphatic heterocycles. The lowest BCUT2D eigenvalue weighted by Gasteiger charge is -2.10. The van der Waals surface area contributed by atoms with Gasteiger partial charge in [-0.25, -0.2) is 4.98 Å². The summed E-state index contributed by atoms with van der Waals surface area (Å²) >= 11 is 1.64. The molecule has 0 aliphatic rings. The number of thiazole rings is 1. The number of aryl methyl sites for hydroxylation is 2. The zero-order valence-corrected chi connectivity index (χ0v) is 15.7. The zero-order chi connectivity index (χ0) is 14.5. The summed E-state index contributed by atoms with van der Waals surface area (Å²) < 4.78 is 1.95. The Labute approximate surface area is 145 Å². The van der Waals surface area contributed by atoms with Gasteiger partial charge in [0.25, 0.3) is 0 Å². The molecule has 2 aromatic rings. The minimum Gasteiger partial charge on any atom is -0.350 e. The van der Waals surface area contributed by atoms with Crippen molar-refractivity contribution in [3.8, 4) is 0 Å². The maximum absolute atomic E-state index is 4.40. The largest absolute Gasteiger partial charge is 0.350 e. The van der Waals surface area contributed by atoms with Crippen molar-refractivity contribution in [1.82, 2.24) is 30.4 Å². The van der Waals surface area contributed by atoms with Crippen LogP contribution in [-0.2, 0) is 20.1 Å². The van der Waals surface area contributed by atoms with Gasteiger partial charge in [-0.3, -0.25) is 4.99 Å². The van der Waals surface area contributed by atoms with E-state index >= 15 is 0 Å². The van der Waals surface area contributed by atoms with Gasteiger partial charge in [-0.15, -0.1) is 45.5 Å². The van der Waals surface area contributed by atoms with E-state index in [9.17, 15) is 0 Å². The smallest absolute Gasteiger partial charge is 0.191 e. The van der Waals surface area contributed by atoms with E-state index in [2.05, 4.69) is 30.8 Å². The summed E-state index contributed by atoms with van der Waals surface area (Å²) in [6, 6.07) is 0. The molecule has 9 heteroatoms. The first-order valence-corrected chi connectivity index (χ1v) is 7.18. The van der Waals surface area contributed by atoms with Crippen LogP contribution < -0.4 is 10.6 Å². The number of hydrogen-bond acceptors (Lipinski definition) is 5. The number of nitrogens with one attached hydrogen (secondary N) is 2. The molecular weight excluding hydrogens is 401 g/mol. The van der Waals surface area contributed by atoms with Gasteiger partial charge >= 0.3 is 0 Å². The molecule has 2 heterocycles. The summed E-state index contributed by atoms with van der Waals surface area (Å²) in [5.74, 6) is 2.48. The standard InChI is InChI=1S/C12H19N7S.HI/c1-8-7-20-11(16-8)6-15-12(13-3)14-5-10-18-17-9(2)19(10)4;/h7H,5-6H2,1-4H3,(H2,13,14,15);1H. The highest BCUT2D eigenvalue weighted by Gasteiger charge is 2.06. The number of guanidine groups is 1. The minimum atomic E-state index is 0. The van der Waals surface area contributed by atoms with Crippen LogP contribution >= 0.6 is 35.3 Å². The Morgan fingerprint density at radius 3 is 2.52 bits per heavy atom. The third-order valence-electron chi connectivity index (χ3n) is 2.89. The fourth-order valence-corrected chi connectivity index (χ4v) is 2.34. The van der Waals surface area contributed by atoms with Crippen molar-refractivity contribution in [1.29, 1.82) is 0 Å². The monoisotopic (exact) mass is 421 g/mol. The van der Waals surface area contributed by atoms with Gasteiger partial charge in [0.05, 0.1) is 13.1 Å². The second-order valence-electron chi connectivity index (χ2n) is 4.38. The van der Waals surface area contributed by atoms with Gasteiger partial charge in [0.1, 0.15) is 10.8 Å².